The molecule has 0 spiro atoms. The molecule has 1 aromatic rings. The van der Waals surface area contributed by atoms with Crippen molar-refractivity contribution in [3.63, 3.8) is 0 Å². The quantitative estimate of drug-likeness (QED) is 0.844. The van der Waals surface area contributed by atoms with Gasteiger partial charge in [0.1, 0.15) is 5.75 Å². The standard InChI is InChI=1S/C15H19NO2.ClH/c1-2-6-16-7-8-18-15-10-12-11(9-13(15)16)4-3-5-14(12)17;/h2-5,13,15,17H,1,6-10H2;1H/t13-,15-;/m1./s1. The zero-order chi connectivity index (χ0) is 12.5. The van der Waals surface area contributed by atoms with Crippen molar-refractivity contribution >= 4 is 12.4 Å². The van der Waals surface area contributed by atoms with E-state index in [-0.39, 0.29) is 18.5 Å². The second-order valence-corrected chi connectivity index (χ2v) is 5.08. The maximum Gasteiger partial charge on any atom is 0.119 e. The third-order valence-electron chi connectivity index (χ3n) is 4.05. The minimum absolute atomic E-state index is 0. The number of phenols is 1. The van der Waals surface area contributed by atoms with Gasteiger partial charge in [0, 0.05) is 25.6 Å². The van der Waals surface area contributed by atoms with Gasteiger partial charge in [0.2, 0.25) is 0 Å². The SMILES string of the molecule is C=CCN1CCO[C@@H]2Cc3c(O)cccc3C[C@H]21.Cl. The van der Waals surface area contributed by atoms with Crippen LogP contribution in [-0.2, 0) is 17.6 Å². The van der Waals surface area contributed by atoms with Gasteiger partial charge in [-0.25, -0.2) is 0 Å². The molecule has 104 valence electrons. The van der Waals surface area contributed by atoms with Crippen molar-refractivity contribution in [1.29, 1.82) is 0 Å². The number of nitrogens with zero attached hydrogens (tertiary/aromatic N) is 1. The molecule has 1 N–H and O–H groups in total. The van der Waals surface area contributed by atoms with Gasteiger partial charge in [0.05, 0.1) is 12.7 Å². The Bertz CT molecular complexity index is 463. The van der Waals surface area contributed by atoms with Gasteiger partial charge in [0.15, 0.2) is 0 Å². The maximum atomic E-state index is 9.93. The number of phenolic OH excluding ortho intramolecular Hbond substituents is 1. The Morgan fingerprint density at radius 1 is 1.42 bits per heavy atom. The fraction of sp³-hybridized carbons (Fsp3) is 0.467. The Hall–Kier alpha value is -1.03. The molecule has 4 heteroatoms. The largest absolute Gasteiger partial charge is 0.508 e. The lowest BCUT2D eigenvalue weighted by molar-refractivity contribution is -0.0701. The van der Waals surface area contributed by atoms with E-state index in [1.54, 1.807) is 6.07 Å². The minimum Gasteiger partial charge on any atom is -0.508 e. The van der Waals surface area contributed by atoms with Crippen LogP contribution < -0.4 is 0 Å². The molecule has 1 fully saturated rings. The number of fused-ring (bicyclic) bond motifs is 2. The van der Waals surface area contributed by atoms with Gasteiger partial charge < -0.3 is 9.84 Å². The van der Waals surface area contributed by atoms with Crippen molar-refractivity contribution < 1.29 is 9.84 Å². The Morgan fingerprint density at radius 2 is 2.26 bits per heavy atom. The number of morpholine rings is 1. The van der Waals surface area contributed by atoms with E-state index in [4.69, 9.17) is 4.74 Å². The summed E-state index contributed by atoms with van der Waals surface area (Å²) in [7, 11) is 0. The van der Waals surface area contributed by atoms with Crippen molar-refractivity contribution in [1.82, 2.24) is 4.90 Å². The van der Waals surface area contributed by atoms with Gasteiger partial charge in [-0.05, 0) is 23.6 Å². The lowest BCUT2D eigenvalue weighted by Gasteiger charge is -2.44. The topological polar surface area (TPSA) is 32.7 Å². The van der Waals surface area contributed by atoms with Crippen molar-refractivity contribution in [2.45, 2.75) is 25.0 Å². The smallest absolute Gasteiger partial charge is 0.119 e. The third-order valence-corrected chi connectivity index (χ3v) is 4.05. The third kappa shape index (κ3) is 2.64. The van der Waals surface area contributed by atoms with Crippen LogP contribution in [0.2, 0.25) is 0 Å². The van der Waals surface area contributed by atoms with Crippen LogP contribution in [0.5, 0.6) is 5.75 Å². The van der Waals surface area contributed by atoms with Crippen molar-refractivity contribution in [2.24, 2.45) is 0 Å². The van der Waals surface area contributed by atoms with Crippen LogP contribution in [-0.4, -0.2) is 41.8 Å². The Morgan fingerprint density at radius 3 is 3.05 bits per heavy atom. The van der Waals surface area contributed by atoms with Gasteiger partial charge >= 0.3 is 0 Å². The van der Waals surface area contributed by atoms with Crippen LogP contribution in [0.15, 0.2) is 30.9 Å². The molecule has 2 aliphatic rings. The van der Waals surface area contributed by atoms with E-state index in [2.05, 4.69) is 17.5 Å². The predicted octanol–water partition coefficient (Wildman–Crippen LogP) is 2.17. The summed E-state index contributed by atoms with van der Waals surface area (Å²) in [5.41, 5.74) is 2.33. The van der Waals surface area contributed by atoms with Crippen LogP contribution >= 0.6 is 12.4 Å². The van der Waals surface area contributed by atoms with E-state index in [9.17, 15) is 5.11 Å². The lowest BCUT2D eigenvalue weighted by atomic mass is 9.84. The number of hydrogen-bond donors (Lipinski definition) is 1. The van der Waals surface area contributed by atoms with Crippen molar-refractivity contribution in [3.05, 3.63) is 42.0 Å². The maximum absolute atomic E-state index is 9.93. The van der Waals surface area contributed by atoms with E-state index in [0.717, 1.165) is 38.1 Å². The van der Waals surface area contributed by atoms with Gasteiger partial charge in [-0.2, -0.15) is 0 Å². The summed E-state index contributed by atoms with van der Waals surface area (Å²) in [6, 6.07) is 6.23. The lowest BCUT2D eigenvalue weighted by Crippen LogP contribution is -2.54. The molecule has 0 radical (unpaired) electrons. The second kappa shape index (κ2) is 5.95. The van der Waals surface area contributed by atoms with E-state index >= 15 is 0 Å². The molecule has 0 aromatic heterocycles. The average Bonchev–Trinajstić information content (AvgIpc) is 2.38. The second-order valence-electron chi connectivity index (χ2n) is 5.08. The van der Waals surface area contributed by atoms with Crippen LogP contribution in [0.1, 0.15) is 11.1 Å². The molecular formula is C15H20ClNO2. The number of benzene rings is 1. The molecule has 2 atom stereocenters. The number of aromatic hydroxyl groups is 1. The predicted molar refractivity (Wildman–Crippen MR) is 78.1 cm³/mol. The zero-order valence-corrected chi connectivity index (χ0v) is 11.7. The summed E-state index contributed by atoms with van der Waals surface area (Å²) in [5, 5.41) is 9.93. The highest BCUT2D eigenvalue weighted by atomic mass is 35.5. The summed E-state index contributed by atoms with van der Waals surface area (Å²) < 4.78 is 5.88. The average molecular weight is 282 g/mol. The molecule has 1 aromatic carbocycles. The van der Waals surface area contributed by atoms with E-state index in [1.165, 1.54) is 5.56 Å². The fourth-order valence-electron chi connectivity index (χ4n) is 3.16. The Kier molecular flexibility index (Phi) is 4.50. The molecule has 1 aliphatic heterocycles. The van der Waals surface area contributed by atoms with Crippen LogP contribution in [0.4, 0.5) is 0 Å². The summed E-state index contributed by atoms with van der Waals surface area (Å²) in [5.74, 6) is 0.412. The molecule has 0 unspecified atom stereocenters. The molecule has 1 saturated heterocycles. The first kappa shape index (κ1) is 14.4. The molecule has 0 amide bonds. The molecule has 3 rings (SSSR count). The van der Waals surface area contributed by atoms with Gasteiger partial charge in [-0.15, -0.1) is 19.0 Å². The first-order valence-corrected chi connectivity index (χ1v) is 6.56. The zero-order valence-electron chi connectivity index (χ0n) is 10.9. The monoisotopic (exact) mass is 281 g/mol. The van der Waals surface area contributed by atoms with E-state index in [0.29, 0.717) is 11.8 Å². The minimum atomic E-state index is 0. The first-order chi connectivity index (χ1) is 8.79. The highest BCUT2D eigenvalue weighted by Gasteiger charge is 2.36. The summed E-state index contributed by atoms with van der Waals surface area (Å²) in [6.45, 7) is 6.49. The van der Waals surface area contributed by atoms with Crippen molar-refractivity contribution in [2.75, 3.05) is 19.7 Å². The first-order valence-electron chi connectivity index (χ1n) is 6.56. The summed E-state index contributed by atoms with van der Waals surface area (Å²) >= 11 is 0. The molecule has 0 saturated carbocycles. The van der Waals surface area contributed by atoms with Crippen molar-refractivity contribution in [3.8, 4) is 5.75 Å². The molecule has 1 heterocycles. The number of halogens is 1. The van der Waals surface area contributed by atoms with Gasteiger partial charge in [-0.3, -0.25) is 4.90 Å². The van der Waals surface area contributed by atoms with Gasteiger partial charge in [-0.1, -0.05) is 18.2 Å². The van der Waals surface area contributed by atoms with Gasteiger partial charge in [0.25, 0.3) is 0 Å². The van der Waals surface area contributed by atoms with Crippen LogP contribution in [0.25, 0.3) is 0 Å². The molecule has 3 nitrogen and oxygen atoms in total. The fourth-order valence-corrected chi connectivity index (χ4v) is 3.16. The van der Waals surface area contributed by atoms with Crippen LogP contribution in [0.3, 0.4) is 0 Å². The molecule has 1 aliphatic carbocycles. The van der Waals surface area contributed by atoms with E-state index in [1.807, 2.05) is 12.1 Å². The molecule has 0 bridgehead atoms. The Labute approximate surface area is 120 Å². The number of hydrogen-bond acceptors (Lipinski definition) is 3. The van der Waals surface area contributed by atoms with Crippen LogP contribution in [0, 0.1) is 0 Å². The van der Waals surface area contributed by atoms with E-state index < -0.39 is 0 Å². The summed E-state index contributed by atoms with van der Waals surface area (Å²) in [4.78, 5) is 2.44. The Balaban J connectivity index is 0.00000133. The number of rotatable bonds is 2. The summed E-state index contributed by atoms with van der Waals surface area (Å²) in [6.07, 6.45) is 3.95. The number of ether oxygens (including phenoxy) is 1. The molecular weight excluding hydrogens is 262 g/mol. The highest BCUT2D eigenvalue weighted by molar-refractivity contribution is 5.85. The highest BCUT2D eigenvalue weighted by Crippen LogP contribution is 2.33. The molecule has 19 heavy (non-hydrogen) atoms. The normalized spacial score (nSPS) is 25.9.